The second-order valence-electron chi connectivity index (χ2n) is 2.83. The lowest BCUT2D eigenvalue weighted by Gasteiger charge is -2.01. The van der Waals surface area contributed by atoms with Crippen LogP contribution in [0, 0.1) is 0 Å². The van der Waals surface area contributed by atoms with E-state index < -0.39 is 5.97 Å². The lowest BCUT2D eigenvalue weighted by atomic mass is 10.4. The molecule has 2 heterocycles. The number of aromatic hydroxyl groups is 1. The molecular weight excluding hydrogens is 232 g/mol. The summed E-state index contributed by atoms with van der Waals surface area (Å²) in [5, 5.41) is 21.8. The first kappa shape index (κ1) is 10.6. The Balaban J connectivity index is 2.33. The highest BCUT2D eigenvalue weighted by Gasteiger charge is 2.17. The van der Waals surface area contributed by atoms with Crippen molar-refractivity contribution >= 4 is 17.3 Å². The fraction of sp³-hybridized carbons (Fsp3) is 0.250. The summed E-state index contributed by atoms with van der Waals surface area (Å²) < 4.78 is 0. The van der Waals surface area contributed by atoms with Crippen LogP contribution in [-0.4, -0.2) is 31.4 Å². The van der Waals surface area contributed by atoms with Crippen LogP contribution in [0.15, 0.2) is 11.4 Å². The van der Waals surface area contributed by atoms with Crippen molar-refractivity contribution in [3.63, 3.8) is 0 Å². The zero-order valence-corrected chi connectivity index (χ0v) is 9.14. The van der Waals surface area contributed by atoms with Crippen molar-refractivity contribution in [1.82, 2.24) is 20.4 Å². The first-order valence-electron chi connectivity index (χ1n) is 4.48. The van der Waals surface area contributed by atoms with Crippen molar-refractivity contribution in [2.24, 2.45) is 0 Å². The van der Waals surface area contributed by atoms with Crippen LogP contribution < -0.4 is 4.84 Å². The second kappa shape index (κ2) is 4.27. The first-order valence-corrected chi connectivity index (χ1v) is 5.36. The van der Waals surface area contributed by atoms with Crippen LogP contribution in [0.3, 0.4) is 0 Å². The molecule has 0 aliphatic carbocycles. The summed E-state index contributed by atoms with van der Waals surface area (Å²) in [4.78, 5) is 17.3. The number of carbonyl (C=O) groups is 1. The molecule has 1 N–H and O–H groups in total. The summed E-state index contributed by atoms with van der Waals surface area (Å²) in [6, 6.07) is 1.51. The van der Waals surface area contributed by atoms with Gasteiger partial charge in [-0.25, -0.2) is 4.79 Å². The lowest BCUT2D eigenvalue weighted by Crippen LogP contribution is -2.20. The number of tetrazole rings is 1. The summed E-state index contributed by atoms with van der Waals surface area (Å²) in [5.41, 5.74) is 0. The largest absolute Gasteiger partial charge is 0.506 e. The molecule has 0 saturated carbocycles. The third-order valence-corrected chi connectivity index (χ3v) is 2.67. The van der Waals surface area contributed by atoms with Gasteiger partial charge in [-0.05, 0) is 26.7 Å². The standard InChI is InChI=1S/C8H8N4O3S/c1-2-6(14)15-12-8(9-10-11-12)7-5(13)3-4-16-7/h3-4,13H,2H2,1H3. The van der Waals surface area contributed by atoms with E-state index in [0.29, 0.717) is 4.88 Å². The molecule has 2 aromatic rings. The van der Waals surface area contributed by atoms with Crippen LogP contribution in [-0.2, 0) is 4.79 Å². The van der Waals surface area contributed by atoms with Crippen molar-refractivity contribution < 1.29 is 14.7 Å². The average Bonchev–Trinajstić information content (AvgIpc) is 2.86. The Bertz CT molecular complexity index is 507. The number of rotatable bonds is 3. The van der Waals surface area contributed by atoms with E-state index >= 15 is 0 Å². The zero-order valence-electron chi connectivity index (χ0n) is 8.32. The predicted octanol–water partition coefficient (Wildman–Crippen LogP) is 0.472. The van der Waals surface area contributed by atoms with Gasteiger partial charge in [0.2, 0.25) is 5.82 Å². The molecule has 0 aromatic carbocycles. The molecule has 0 atom stereocenters. The third kappa shape index (κ3) is 1.87. The molecule has 0 spiro atoms. The van der Waals surface area contributed by atoms with E-state index in [2.05, 4.69) is 15.5 Å². The Morgan fingerprint density at radius 1 is 1.69 bits per heavy atom. The summed E-state index contributed by atoms with van der Waals surface area (Å²) >= 11 is 1.25. The molecule has 0 saturated heterocycles. The fourth-order valence-corrected chi connectivity index (χ4v) is 1.75. The molecule has 0 amide bonds. The van der Waals surface area contributed by atoms with Crippen LogP contribution >= 0.6 is 11.3 Å². The highest BCUT2D eigenvalue weighted by molar-refractivity contribution is 7.13. The van der Waals surface area contributed by atoms with E-state index in [1.54, 1.807) is 12.3 Å². The van der Waals surface area contributed by atoms with Gasteiger partial charge in [0.15, 0.2) is 0 Å². The number of hydrogen-bond donors (Lipinski definition) is 1. The highest BCUT2D eigenvalue weighted by atomic mass is 32.1. The van der Waals surface area contributed by atoms with Crippen molar-refractivity contribution in [1.29, 1.82) is 0 Å². The van der Waals surface area contributed by atoms with Gasteiger partial charge in [0.05, 0.1) is 0 Å². The molecule has 8 heteroatoms. The molecule has 7 nitrogen and oxygen atoms in total. The first-order chi connectivity index (χ1) is 7.72. The molecular formula is C8H8N4O3S. The van der Waals surface area contributed by atoms with Gasteiger partial charge in [-0.2, -0.15) is 0 Å². The molecule has 2 rings (SSSR count). The minimum Gasteiger partial charge on any atom is -0.506 e. The van der Waals surface area contributed by atoms with E-state index in [4.69, 9.17) is 4.84 Å². The van der Waals surface area contributed by atoms with Gasteiger partial charge in [-0.3, -0.25) is 0 Å². The molecule has 2 aromatic heterocycles. The van der Waals surface area contributed by atoms with Crippen LogP contribution in [0.25, 0.3) is 10.7 Å². The molecule has 16 heavy (non-hydrogen) atoms. The number of thiophene rings is 1. The third-order valence-electron chi connectivity index (χ3n) is 1.77. The minimum absolute atomic E-state index is 0.0496. The summed E-state index contributed by atoms with van der Waals surface area (Å²) in [5.74, 6) is -0.201. The number of aromatic nitrogens is 4. The molecule has 0 fully saturated rings. The SMILES string of the molecule is CCC(=O)On1nnnc1-c1sccc1O. The Hall–Kier alpha value is -1.96. The van der Waals surface area contributed by atoms with Crippen molar-refractivity contribution in [2.75, 3.05) is 0 Å². The van der Waals surface area contributed by atoms with Gasteiger partial charge < -0.3 is 9.94 Å². The Morgan fingerprint density at radius 3 is 3.12 bits per heavy atom. The van der Waals surface area contributed by atoms with Gasteiger partial charge in [-0.1, -0.05) is 6.92 Å². The van der Waals surface area contributed by atoms with E-state index in [-0.39, 0.29) is 18.0 Å². The van der Waals surface area contributed by atoms with Gasteiger partial charge in [-0.15, -0.1) is 16.4 Å². The van der Waals surface area contributed by atoms with Crippen LogP contribution in [0.4, 0.5) is 0 Å². The van der Waals surface area contributed by atoms with Gasteiger partial charge in [0.1, 0.15) is 10.6 Å². The van der Waals surface area contributed by atoms with Gasteiger partial charge in [0.25, 0.3) is 0 Å². The number of nitrogens with zero attached hydrogens (tertiary/aromatic N) is 4. The van der Waals surface area contributed by atoms with E-state index in [1.165, 1.54) is 17.4 Å². The number of carbonyl (C=O) groups excluding carboxylic acids is 1. The Labute approximate surface area is 94.2 Å². The van der Waals surface area contributed by atoms with Crippen molar-refractivity contribution in [3.8, 4) is 16.5 Å². The van der Waals surface area contributed by atoms with Crippen molar-refractivity contribution in [2.45, 2.75) is 13.3 Å². The van der Waals surface area contributed by atoms with E-state index in [9.17, 15) is 9.90 Å². The van der Waals surface area contributed by atoms with Crippen molar-refractivity contribution in [3.05, 3.63) is 11.4 Å². The van der Waals surface area contributed by atoms with Crippen LogP contribution in [0.5, 0.6) is 5.75 Å². The molecule has 0 bridgehead atoms. The van der Waals surface area contributed by atoms with Gasteiger partial charge >= 0.3 is 5.97 Å². The quantitative estimate of drug-likeness (QED) is 0.784. The average molecular weight is 240 g/mol. The maximum Gasteiger partial charge on any atom is 0.334 e. The summed E-state index contributed by atoms with van der Waals surface area (Å²) in [6.45, 7) is 1.66. The van der Waals surface area contributed by atoms with E-state index in [0.717, 1.165) is 4.85 Å². The second-order valence-corrected chi connectivity index (χ2v) is 3.74. The molecule has 0 unspecified atom stereocenters. The maximum absolute atomic E-state index is 11.1. The fourth-order valence-electron chi connectivity index (χ4n) is 1.00. The van der Waals surface area contributed by atoms with E-state index in [1.807, 2.05) is 0 Å². The summed E-state index contributed by atoms with van der Waals surface area (Å²) in [6.07, 6.45) is 0.218. The lowest BCUT2D eigenvalue weighted by molar-refractivity contribution is -0.145. The molecule has 0 radical (unpaired) electrons. The topological polar surface area (TPSA) is 90.1 Å². The normalized spacial score (nSPS) is 10.3. The predicted molar refractivity (Wildman–Crippen MR) is 54.7 cm³/mol. The highest BCUT2D eigenvalue weighted by Crippen LogP contribution is 2.32. The molecule has 0 aliphatic rings. The van der Waals surface area contributed by atoms with Gasteiger partial charge in [0, 0.05) is 6.42 Å². The molecule has 84 valence electrons. The smallest absolute Gasteiger partial charge is 0.334 e. The summed E-state index contributed by atoms with van der Waals surface area (Å²) in [7, 11) is 0. The minimum atomic E-state index is -0.454. The number of hydrogen-bond acceptors (Lipinski definition) is 7. The Morgan fingerprint density at radius 2 is 2.50 bits per heavy atom. The van der Waals surface area contributed by atoms with Crippen LogP contribution in [0.1, 0.15) is 13.3 Å². The van der Waals surface area contributed by atoms with Crippen LogP contribution in [0.2, 0.25) is 0 Å². The molecule has 0 aliphatic heterocycles. The maximum atomic E-state index is 11.1. The zero-order chi connectivity index (χ0) is 11.5. The monoisotopic (exact) mass is 240 g/mol. The Kier molecular flexibility index (Phi) is 2.82.